The minimum absolute atomic E-state index is 0.174. The maximum absolute atomic E-state index is 9.80. The molecule has 1 fully saturated rings. The van der Waals surface area contributed by atoms with Crippen molar-refractivity contribution < 1.29 is 9.84 Å². The van der Waals surface area contributed by atoms with E-state index in [-0.39, 0.29) is 11.8 Å². The van der Waals surface area contributed by atoms with E-state index in [0.717, 1.165) is 25.1 Å². The van der Waals surface area contributed by atoms with Gasteiger partial charge in [0.25, 0.3) is 0 Å². The monoisotopic (exact) mass is 275 g/mol. The van der Waals surface area contributed by atoms with E-state index in [1.807, 2.05) is 19.1 Å². The highest BCUT2D eigenvalue weighted by Crippen LogP contribution is 2.36. The van der Waals surface area contributed by atoms with Gasteiger partial charge >= 0.3 is 0 Å². The lowest BCUT2D eigenvalue weighted by atomic mass is 9.86. The summed E-state index contributed by atoms with van der Waals surface area (Å²) in [6.07, 6.45) is 1.03. The minimum Gasteiger partial charge on any atom is -0.504 e. The highest BCUT2D eigenvalue weighted by Gasteiger charge is 2.36. The molecule has 3 rings (SSSR count). The van der Waals surface area contributed by atoms with Gasteiger partial charge in [0.15, 0.2) is 11.5 Å². The Labute approximate surface area is 119 Å². The number of piperidine rings is 1. The van der Waals surface area contributed by atoms with Crippen LogP contribution in [0.3, 0.4) is 0 Å². The first-order chi connectivity index (χ1) is 9.69. The molecule has 2 atom stereocenters. The molecule has 20 heavy (non-hydrogen) atoms. The second-order valence-corrected chi connectivity index (χ2v) is 5.49. The molecular formula is C15H21N3O2. The highest BCUT2D eigenvalue weighted by molar-refractivity contribution is 5.89. The number of hydrazone groups is 1. The number of likely N-dealkylation sites (tertiary alicyclic amines) is 1. The maximum Gasteiger partial charge on any atom is 0.161 e. The lowest BCUT2D eigenvalue weighted by molar-refractivity contribution is 0.272. The van der Waals surface area contributed by atoms with Crippen LogP contribution in [0.4, 0.5) is 0 Å². The Morgan fingerprint density at radius 2 is 2.35 bits per heavy atom. The molecule has 2 N–H and O–H groups in total. The van der Waals surface area contributed by atoms with Gasteiger partial charge in [-0.25, -0.2) is 0 Å². The molecule has 5 nitrogen and oxygen atoms in total. The van der Waals surface area contributed by atoms with E-state index in [2.05, 4.69) is 22.5 Å². The summed E-state index contributed by atoms with van der Waals surface area (Å²) in [5.74, 6) is 1.15. The summed E-state index contributed by atoms with van der Waals surface area (Å²) in [5.41, 5.74) is 5.63. The number of rotatable bonds is 3. The third-order valence-electron chi connectivity index (χ3n) is 4.08. The molecule has 1 aromatic rings. The Kier molecular flexibility index (Phi) is 3.53. The van der Waals surface area contributed by atoms with Gasteiger partial charge in [0, 0.05) is 31.1 Å². The molecule has 1 aromatic carbocycles. The number of hydrogen-bond donors (Lipinski definition) is 2. The van der Waals surface area contributed by atoms with Crippen LogP contribution in [0.1, 0.15) is 24.9 Å². The topological polar surface area (TPSA) is 57.1 Å². The predicted octanol–water partition coefficient (Wildman–Crippen LogP) is 1.74. The zero-order valence-corrected chi connectivity index (χ0v) is 12.0. The SMILES string of the molecule is CCOc1cc(C2NN=C3CCN(C)CC32)ccc1O. The smallest absolute Gasteiger partial charge is 0.161 e. The van der Waals surface area contributed by atoms with Crippen molar-refractivity contribution in [1.82, 2.24) is 10.3 Å². The van der Waals surface area contributed by atoms with Gasteiger partial charge in [0.05, 0.1) is 12.6 Å². The Morgan fingerprint density at radius 1 is 1.50 bits per heavy atom. The molecule has 5 heteroatoms. The van der Waals surface area contributed by atoms with E-state index in [9.17, 15) is 5.11 Å². The molecule has 1 saturated heterocycles. The van der Waals surface area contributed by atoms with E-state index in [0.29, 0.717) is 18.3 Å². The molecule has 2 unspecified atom stereocenters. The van der Waals surface area contributed by atoms with Gasteiger partial charge < -0.3 is 20.2 Å². The highest BCUT2D eigenvalue weighted by atomic mass is 16.5. The Balaban J connectivity index is 1.84. The second-order valence-electron chi connectivity index (χ2n) is 5.49. The van der Waals surface area contributed by atoms with Crippen molar-refractivity contribution in [3.8, 4) is 11.5 Å². The van der Waals surface area contributed by atoms with E-state index in [4.69, 9.17) is 4.74 Å². The van der Waals surface area contributed by atoms with Gasteiger partial charge in [0.2, 0.25) is 0 Å². The maximum atomic E-state index is 9.80. The van der Waals surface area contributed by atoms with Crippen molar-refractivity contribution in [3.63, 3.8) is 0 Å². The molecule has 2 aliphatic rings. The third-order valence-corrected chi connectivity index (χ3v) is 4.08. The van der Waals surface area contributed by atoms with Gasteiger partial charge in [-0.3, -0.25) is 0 Å². The van der Waals surface area contributed by atoms with Crippen LogP contribution in [-0.2, 0) is 0 Å². The first kappa shape index (κ1) is 13.2. The van der Waals surface area contributed by atoms with Crippen molar-refractivity contribution in [1.29, 1.82) is 0 Å². The van der Waals surface area contributed by atoms with Crippen LogP contribution in [0.2, 0.25) is 0 Å². The molecule has 0 aromatic heterocycles. The van der Waals surface area contributed by atoms with Gasteiger partial charge in [-0.15, -0.1) is 0 Å². The number of nitrogens with zero attached hydrogens (tertiary/aromatic N) is 2. The van der Waals surface area contributed by atoms with E-state index in [1.165, 1.54) is 5.71 Å². The van der Waals surface area contributed by atoms with E-state index in [1.54, 1.807) is 6.07 Å². The van der Waals surface area contributed by atoms with Crippen molar-refractivity contribution in [3.05, 3.63) is 23.8 Å². The largest absolute Gasteiger partial charge is 0.504 e. The van der Waals surface area contributed by atoms with Crippen LogP contribution in [0.15, 0.2) is 23.3 Å². The fourth-order valence-corrected chi connectivity index (χ4v) is 3.00. The first-order valence-corrected chi connectivity index (χ1v) is 7.15. The number of benzene rings is 1. The number of nitrogens with one attached hydrogen (secondary N) is 1. The van der Waals surface area contributed by atoms with Gasteiger partial charge in [-0.2, -0.15) is 5.10 Å². The number of hydrogen-bond acceptors (Lipinski definition) is 5. The second kappa shape index (κ2) is 5.32. The number of phenolic OH excluding ortho intramolecular Hbond substituents is 1. The molecule has 108 valence electrons. The van der Waals surface area contributed by atoms with Gasteiger partial charge in [-0.05, 0) is 31.7 Å². The molecule has 2 heterocycles. The summed E-state index contributed by atoms with van der Waals surface area (Å²) in [7, 11) is 2.15. The fourth-order valence-electron chi connectivity index (χ4n) is 3.00. The van der Waals surface area contributed by atoms with Gasteiger partial charge in [-0.1, -0.05) is 6.07 Å². The Bertz CT molecular complexity index is 530. The fraction of sp³-hybridized carbons (Fsp3) is 0.533. The van der Waals surface area contributed by atoms with Crippen LogP contribution in [0.5, 0.6) is 11.5 Å². The standard InChI is InChI=1S/C15H21N3O2/c1-3-20-14-8-10(4-5-13(14)19)15-11-9-18(2)7-6-12(11)16-17-15/h4-5,8,11,15,17,19H,3,6-7,9H2,1-2H3. The molecule has 0 saturated carbocycles. The predicted molar refractivity (Wildman–Crippen MR) is 78.2 cm³/mol. The molecule has 0 bridgehead atoms. The molecule has 0 radical (unpaired) electrons. The van der Waals surface area contributed by atoms with Gasteiger partial charge in [0.1, 0.15) is 0 Å². The summed E-state index contributed by atoms with van der Waals surface area (Å²) < 4.78 is 5.47. The molecule has 0 spiro atoms. The van der Waals surface area contributed by atoms with Crippen molar-refractivity contribution in [2.75, 3.05) is 26.7 Å². The Hall–Kier alpha value is -1.75. The quantitative estimate of drug-likeness (QED) is 0.882. The summed E-state index contributed by atoms with van der Waals surface area (Å²) >= 11 is 0. The van der Waals surface area contributed by atoms with Crippen LogP contribution >= 0.6 is 0 Å². The number of aromatic hydroxyl groups is 1. The average Bonchev–Trinajstić information content (AvgIpc) is 2.84. The molecular weight excluding hydrogens is 254 g/mol. The van der Waals surface area contributed by atoms with Crippen LogP contribution in [0, 0.1) is 5.92 Å². The number of phenols is 1. The summed E-state index contributed by atoms with van der Waals surface area (Å²) in [6.45, 7) is 4.55. The summed E-state index contributed by atoms with van der Waals surface area (Å²) in [4.78, 5) is 2.34. The average molecular weight is 275 g/mol. The van der Waals surface area contributed by atoms with Crippen molar-refractivity contribution in [2.45, 2.75) is 19.4 Å². The normalized spacial score (nSPS) is 25.8. The minimum atomic E-state index is 0.174. The zero-order valence-electron chi connectivity index (χ0n) is 12.0. The Morgan fingerprint density at radius 3 is 3.15 bits per heavy atom. The van der Waals surface area contributed by atoms with E-state index < -0.39 is 0 Å². The molecule has 2 aliphatic heterocycles. The van der Waals surface area contributed by atoms with Crippen LogP contribution < -0.4 is 10.2 Å². The first-order valence-electron chi connectivity index (χ1n) is 7.15. The van der Waals surface area contributed by atoms with Crippen molar-refractivity contribution in [2.24, 2.45) is 11.0 Å². The van der Waals surface area contributed by atoms with Crippen molar-refractivity contribution >= 4 is 5.71 Å². The molecule has 0 aliphatic carbocycles. The molecule has 0 amide bonds. The summed E-state index contributed by atoms with van der Waals surface area (Å²) in [6, 6.07) is 5.74. The number of fused-ring (bicyclic) bond motifs is 1. The zero-order chi connectivity index (χ0) is 14.1. The lowest BCUT2D eigenvalue weighted by Gasteiger charge is -2.31. The lowest BCUT2D eigenvalue weighted by Crippen LogP contribution is -2.39. The number of ether oxygens (including phenoxy) is 1. The summed E-state index contributed by atoms with van der Waals surface area (Å²) in [5, 5.41) is 14.3. The van der Waals surface area contributed by atoms with E-state index >= 15 is 0 Å². The van der Waals surface area contributed by atoms with Crippen LogP contribution in [-0.4, -0.2) is 42.5 Å². The third kappa shape index (κ3) is 2.33. The van der Waals surface area contributed by atoms with Crippen LogP contribution in [0.25, 0.3) is 0 Å².